The van der Waals surface area contributed by atoms with Crippen LogP contribution in [-0.4, -0.2) is 15.0 Å². The van der Waals surface area contributed by atoms with E-state index in [0.29, 0.717) is 12.6 Å². The number of rotatable bonds is 5. The van der Waals surface area contributed by atoms with Crippen molar-refractivity contribution < 1.29 is 0 Å². The molecule has 0 aromatic carbocycles. The Labute approximate surface area is 103 Å². The Bertz CT molecular complexity index is 390. The van der Waals surface area contributed by atoms with Crippen LogP contribution in [0.3, 0.4) is 0 Å². The quantitative estimate of drug-likeness (QED) is 0.848. The van der Waals surface area contributed by atoms with Gasteiger partial charge in [-0.1, -0.05) is 11.6 Å². The average molecular weight is 234 g/mol. The van der Waals surface area contributed by atoms with Crippen molar-refractivity contribution in [2.45, 2.75) is 58.0 Å². The van der Waals surface area contributed by atoms with Crippen molar-refractivity contribution in [3.05, 3.63) is 11.4 Å². The summed E-state index contributed by atoms with van der Waals surface area (Å²) in [6.45, 7) is 2.81. The molecular formula is C13H22N4. The summed E-state index contributed by atoms with van der Waals surface area (Å²) >= 11 is 0. The summed E-state index contributed by atoms with van der Waals surface area (Å²) in [6, 6.07) is 0.505. The van der Waals surface area contributed by atoms with Gasteiger partial charge in [-0.25, -0.2) is 4.68 Å². The van der Waals surface area contributed by atoms with Crippen molar-refractivity contribution in [3.63, 3.8) is 0 Å². The predicted octanol–water partition coefficient (Wildman–Crippen LogP) is 2.05. The Morgan fingerprint density at radius 1 is 1.35 bits per heavy atom. The molecule has 2 aliphatic rings. The van der Waals surface area contributed by atoms with E-state index < -0.39 is 0 Å². The molecule has 4 heteroatoms. The first-order valence-electron chi connectivity index (χ1n) is 6.92. The van der Waals surface area contributed by atoms with Crippen molar-refractivity contribution >= 4 is 0 Å². The molecule has 17 heavy (non-hydrogen) atoms. The summed E-state index contributed by atoms with van der Waals surface area (Å²) in [5.74, 6) is 1.67. The highest BCUT2D eigenvalue weighted by molar-refractivity contribution is 5.13. The minimum Gasteiger partial charge on any atom is -0.325 e. The van der Waals surface area contributed by atoms with E-state index in [1.807, 2.05) is 0 Å². The van der Waals surface area contributed by atoms with Gasteiger partial charge in [0, 0.05) is 6.54 Å². The zero-order valence-electron chi connectivity index (χ0n) is 10.6. The number of hydrogen-bond acceptors (Lipinski definition) is 3. The summed E-state index contributed by atoms with van der Waals surface area (Å²) in [7, 11) is 0. The van der Waals surface area contributed by atoms with Gasteiger partial charge in [0.25, 0.3) is 0 Å². The molecule has 2 aliphatic carbocycles. The first-order chi connectivity index (χ1) is 8.29. The maximum Gasteiger partial charge on any atom is 0.0994 e. The largest absolute Gasteiger partial charge is 0.325 e. The Kier molecular flexibility index (Phi) is 2.90. The van der Waals surface area contributed by atoms with Gasteiger partial charge in [0.05, 0.1) is 17.4 Å². The van der Waals surface area contributed by atoms with Crippen LogP contribution in [0.5, 0.6) is 0 Å². The van der Waals surface area contributed by atoms with E-state index in [1.54, 1.807) is 0 Å². The standard InChI is InChI=1S/C13H22N4/c1-9(11-3-2-4-11)17-13(7-10-5-6-10)12(8-14)15-16-17/h9-11H,2-8,14H2,1H3. The summed E-state index contributed by atoms with van der Waals surface area (Å²) in [6.07, 6.45) is 7.95. The first kappa shape index (κ1) is 11.2. The third-order valence-electron chi connectivity index (χ3n) is 4.46. The van der Waals surface area contributed by atoms with Crippen LogP contribution >= 0.6 is 0 Å². The zero-order chi connectivity index (χ0) is 11.8. The van der Waals surface area contributed by atoms with Crippen molar-refractivity contribution in [2.75, 3.05) is 0 Å². The van der Waals surface area contributed by atoms with Crippen LogP contribution in [0.25, 0.3) is 0 Å². The highest BCUT2D eigenvalue weighted by atomic mass is 15.4. The average Bonchev–Trinajstić information content (AvgIpc) is 2.94. The molecule has 1 unspecified atom stereocenters. The van der Waals surface area contributed by atoms with E-state index >= 15 is 0 Å². The van der Waals surface area contributed by atoms with Crippen LogP contribution in [0, 0.1) is 11.8 Å². The molecule has 94 valence electrons. The van der Waals surface area contributed by atoms with E-state index in [9.17, 15) is 0 Å². The summed E-state index contributed by atoms with van der Waals surface area (Å²) in [5, 5.41) is 8.62. The molecule has 0 radical (unpaired) electrons. The monoisotopic (exact) mass is 234 g/mol. The molecule has 0 amide bonds. The van der Waals surface area contributed by atoms with E-state index in [0.717, 1.165) is 24.0 Å². The van der Waals surface area contributed by atoms with E-state index in [-0.39, 0.29) is 0 Å². The number of nitrogens with two attached hydrogens (primary N) is 1. The van der Waals surface area contributed by atoms with Gasteiger partial charge >= 0.3 is 0 Å². The summed E-state index contributed by atoms with van der Waals surface area (Å²) < 4.78 is 2.17. The molecule has 0 aliphatic heterocycles. The number of aromatic nitrogens is 3. The third kappa shape index (κ3) is 2.10. The zero-order valence-corrected chi connectivity index (χ0v) is 10.6. The minimum atomic E-state index is 0.505. The van der Waals surface area contributed by atoms with Gasteiger partial charge < -0.3 is 5.73 Å². The Morgan fingerprint density at radius 2 is 2.12 bits per heavy atom. The lowest BCUT2D eigenvalue weighted by Crippen LogP contribution is -2.25. The van der Waals surface area contributed by atoms with Crippen LogP contribution in [0.2, 0.25) is 0 Å². The fraction of sp³-hybridized carbons (Fsp3) is 0.846. The van der Waals surface area contributed by atoms with Crippen molar-refractivity contribution in [2.24, 2.45) is 17.6 Å². The van der Waals surface area contributed by atoms with E-state index in [4.69, 9.17) is 5.73 Å². The lowest BCUT2D eigenvalue weighted by molar-refractivity contribution is 0.204. The molecule has 2 fully saturated rings. The van der Waals surface area contributed by atoms with Gasteiger partial charge in [-0.2, -0.15) is 0 Å². The highest BCUT2D eigenvalue weighted by Gasteiger charge is 2.31. The molecule has 1 aromatic rings. The molecule has 2 saturated carbocycles. The van der Waals surface area contributed by atoms with Gasteiger partial charge in [0.1, 0.15) is 0 Å². The molecule has 0 spiro atoms. The molecule has 0 saturated heterocycles. The molecular weight excluding hydrogens is 212 g/mol. The smallest absolute Gasteiger partial charge is 0.0994 e. The fourth-order valence-electron chi connectivity index (χ4n) is 2.76. The Balaban J connectivity index is 1.83. The van der Waals surface area contributed by atoms with Crippen LogP contribution in [0.15, 0.2) is 0 Å². The molecule has 4 nitrogen and oxygen atoms in total. The fourth-order valence-corrected chi connectivity index (χ4v) is 2.76. The predicted molar refractivity (Wildman–Crippen MR) is 66.4 cm³/mol. The van der Waals surface area contributed by atoms with Gasteiger partial charge in [0.2, 0.25) is 0 Å². The minimum absolute atomic E-state index is 0.505. The highest BCUT2D eigenvalue weighted by Crippen LogP contribution is 2.38. The summed E-state index contributed by atoms with van der Waals surface area (Å²) in [5.41, 5.74) is 8.10. The maximum absolute atomic E-state index is 5.77. The lowest BCUT2D eigenvalue weighted by Gasteiger charge is -2.32. The maximum atomic E-state index is 5.77. The molecule has 2 N–H and O–H groups in total. The SMILES string of the molecule is CC(C1CCC1)n1nnc(CN)c1CC1CC1. The molecule has 1 atom stereocenters. The second-order valence-electron chi connectivity index (χ2n) is 5.71. The van der Waals surface area contributed by atoms with Gasteiger partial charge in [-0.3, -0.25) is 0 Å². The topological polar surface area (TPSA) is 56.7 Å². The normalized spacial score (nSPS) is 22.5. The van der Waals surface area contributed by atoms with Gasteiger partial charge in [-0.05, 0) is 50.9 Å². The van der Waals surface area contributed by atoms with Crippen molar-refractivity contribution in [1.82, 2.24) is 15.0 Å². The van der Waals surface area contributed by atoms with Gasteiger partial charge in [-0.15, -0.1) is 5.10 Å². The number of hydrogen-bond donors (Lipinski definition) is 1. The number of nitrogens with zero attached hydrogens (tertiary/aromatic N) is 3. The molecule has 3 rings (SSSR count). The second-order valence-corrected chi connectivity index (χ2v) is 5.71. The van der Waals surface area contributed by atoms with Crippen LogP contribution in [0.1, 0.15) is 56.5 Å². The lowest BCUT2D eigenvalue weighted by atomic mass is 9.80. The molecule has 1 heterocycles. The first-order valence-corrected chi connectivity index (χ1v) is 6.92. The second kappa shape index (κ2) is 4.41. The van der Waals surface area contributed by atoms with Gasteiger partial charge in [0.15, 0.2) is 0 Å². The van der Waals surface area contributed by atoms with Crippen molar-refractivity contribution in [1.29, 1.82) is 0 Å². The Morgan fingerprint density at radius 3 is 2.65 bits per heavy atom. The molecule has 0 bridgehead atoms. The third-order valence-corrected chi connectivity index (χ3v) is 4.46. The van der Waals surface area contributed by atoms with Crippen molar-refractivity contribution in [3.8, 4) is 0 Å². The van der Waals surface area contributed by atoms with Crippen LogP contribution in [0.4, 0.5) is 0 Å². The summed E-state index contributed by atoms with van der Waals surface area (Å²) in [4.78, 5) is 0. The Hall–Kier alpha value is -0.900. The molecule has 1 aromatic heterocycles. The van der Waals surface area contributed by atoms with E-state index in [1.165, 1.54) is 37.8 Å². The van der Waals surface area contributed by atoms with Crippen LogP contribution < -0.4 is 5.73 Å². The van der Waals surface area contributed by atoms with Crippen LogP contribution in [-0.2, 0) is 13.0 Å². The van der Waals surface area contributed by atoms with E-state index in [2.05, 4.69) is 21.9 Å².